The molecule has 0 radical (unpaired) electrons. The third-order valence-electron chi connectivity index (χ3n) is 3.02. The van der Waals surface area contributed by atoms with Crippen LogP contribution >= 0.6 is 0 Å². The number of ether oxygens (including phenoxy) is 1. The number of rotatable bonds is 5. The molecule has 19 heavy (non-hydrogen) atoms. The molecule has 1 atom stereocenters. The maximum atomic E-state index is 14.0. The topological polar surface area (TPSA) is 47.6 Å². The largest absolute Gasteiger partial charge is 0.616 e. The molecule has 1 aromatic rings. The molecule has 0 saturated carbocycles. The Labute approximate surface area is 116 Å². The lowest BCUT2D eigenvalue weighted by Crippen LogP contribution is -2.43. The van der Waals surface area contributed by atoms with Crippen LogP contribution in [0, 0.1) is 5.82 Å². The molecular formula is C13H19FN2O2S. The highest BCUT2D eigenvalue weighted by atomic mass is 32.2. The van der Waals surface area contributed by atoms with Crippen molar-refractivity contribution >= 4 is 16.9 Å². The van der Waals surface area contributed by atoms with E-state index in [1.54, 1.807) is 18.4 Å². The van der Waals surface area contributed by atoms with Crippen molar-refractivity contribution in [2.75, 3.05) is 49.7 Å². The summed E-state index contributed by atoms with van der Waals surface area (Å²) in [7, 11) is 0. The molecule has 1 saturated heterocycles. The summed E-state index contributed by atoms with van der Waals surface area (Å²) in [5.41, 5.74) is 0.618. The zero-order chi connectivity index (χ0) is 13.7. The lowest BCUT2D eigenvalue weighted by molar-refractivity contribution is 0.339. The van der Waals surface area contributed by atoms with Crippen LogP contribution in [-0.2, 0) is 11.2 Å². The molecule has 6 heteroatoms. The van der Waals surface area contributed by atoms with Gasteiger partial charge in [-0.15, -0.1) is 0 Å². The number of benzene rings is 1. The maximum Gasteiger partial charge on any atom is 0.150 e. The number of nitrogens with one attached hydrogen (secondary N) is 1. The number of hydrogen-bond acceptors (Lipinski definition) is 4. The number of hydrogen-bond donors (Lipinski definition) is 1. The Bertz CT molecular complexity index is 412. The molecule has 2 rings (SSSR count). The van der Waals surface area contributed by atoms with E-state index in [1.165, 1.54) is 6.07 Å². The van der Waals surface area contributed by atoms with Gasteiger partial charge in [-0.3, -0.25) is 0 Å². The van der Waals surface area contributed by atoms with E-state index in [0.717, 1.165) is 26.2 Å². The van der Waals surface area contributed by atoms with Crippen LogP contribution in [0.5, 0.6) is 5.75 Å². The van der Waals surface area contributed by atoms with Gasteiger partial charge in [-0.2, -0.15) is 0 Å². The standard InChI is InChI=1S/C13H19FN2O2S/c1-19(17)9-8-18-11-2-3-13(12(14)10-11)16-6-4-15-5-7-16/h2-3,10,15H,4-9H2,1H3/t19-/m0/s1. The van der Waals surface area contributed by atoms with E-state index >= 15 is 0 Å². The monoisotopic (exact) mass is 286 g/mol. The van der Waals surface area contributed by atoms with Crippen LogP contribution in [-0.4, -0.2) is 49.3 Å². The molecule has 0 amide bonds. The van der Waals surface area contributed by atoms with Crippen LogP contribution in [0.25, 0.3) is 0 Å². The summed E-state index contributed by atoms with van der Waals surface area (Å²) in [5, 5.41) is 3.24. The minimum Gasteiger partial charge on any atom is -0.616 e. The zero-order valence-electron chi connectivity index (χ0n) is 11.0. The van der Waals surface area contributed by atoms with Crippen molar-refractivity contribution < 1.29 is 13.7 Å². The number of nitrogens with zero attached hydrogens (tertiary/aromatic N) is 1. The predicted octanol–water partition coefficient (Wildman–Crippen LogP) is 0.993. The summed E-state index contributed by atoms with van der Waals surface area (Å²) in [6.45, 7) is 3.72. The Morgan fingerprint density at radius 3 is 2.79 bits per heavy atom. The normalized spacial score (nSPS) is 17.3. The molecule has 1 aliphatic heterocycles. The van der Waals surface area contributed by atoms with Crippen LogP contribution in [0.1, 0.15) is 0 Å². The fourth-order valence-electron chi connectivity index (χ4n) is 2.02. The van der Waals surface area contributed by atoms with Crippen molar-refractivity contribution in [3.63, 3.8) is 0 Å². The van der Waals surface area contributed by atoms with Gasteiger partial charge in [-0.05, 0) is 12.1 Å². The Balaban J connectivity index is 1.96. The van der Waals surface area contributed by atoms with Gasteiger partial charge in [0.1, 0.15) is 23.9 Å². The van der Waals surface area contributed by atoms with Gasteiger partial charge in [0.05, 0.1) is 11.9 Å². The number of anilines is 1. The second-order valence-corrected chi connectivity index (χ2v) is 6.03. The Kier molecular flexibility index (Phi) is 5.30. The van der Waals surface area contributed by atoms with Crippen molar-refractivity contribution in [3.8, 4) is 5.75 Å². The minimum absolute atomic E-state index is 0.267. The van der Waals surface area contributed by atoms with E-state index < -0.39 is 11.2 Å². The van der Waals surface area contributed by atoms with Gasteiger partial charge in [0, 0.05) is 32.2 Å². The van der Waals surface area contributed by atoms with Gasteiger partial charge in [-0.25, -0.2) is 4.39 Å². The van der Waals surface area contributed by atoms with Crippen molar-refractivity contribution in [2.45, 2.75) is 0 Å². The predicted molar refractivity (Wildman–Crippen MR) is 75.9 cm³/mol. The second kappa shape index (κ2) is 6.98. The highest BCUT2D eigenvalue weighted by molar-refractivity contribution is 7.90. The van der Waals surface area contributed by atoms with Crippen LogP contribution in [0.3, 0.4) is 0 Å². The maximum absolute atomic E-state index is 14.0. The van der Waals surface area contributed by atoms with Crippen LogP contribution in [0.4, 0.5) is 10.1 Å². The number of piperazine rings is 1. The average Bonchev–Trinajstić information content (AvgIpc) is 2.39. The van der Waals surface area contributed by atoms with E-state index in [9.17, 15) is 8.94 Å². The number of halogens is 1. The van der Waals surface area contributed by atoms with Crippen LogP contribution in [0.2, 0.25) is 0 Å². The fraction of sp³-hybridized carbons (Fsp3) is 0.538. The van der Waals surface area contributed by atoms with E-state index in [-0.39, 0.29) is 5.82 Å². The molecule has 106 valence electrons. The van der Waals surface area contributed by atoms with Crippen molar-refractivity contribution in [1.82, 2.24) is 5.32 Å². The molecule has 1 N–H and O–H groups in total. The van der Waals surface area contributed by atoms with Gasteiger partial charge in [-0.1, -0.05) is 11.2 Å². The Morgan fingerprint density at radius 2 is 2.16 bits per heavy atom. The lowest BCUT2D eigenvalue weighted by Gasteiger charge is -2.29. The molecule has 1 fully saturated rings. The molecule has 0 spiro atoms. The quantitative estimate of drug-likeness (QED) is 0.820. The van der Waals surface area contributed by atoms with E-state index in [2.05, 4.69) is 5.32 Å². The molecule has 4 nitrogen and oxygen atoms in total. The van der Waals surface area contributed by atoms with Crippen molar-refractivity contribution in [2.24, 2.45) is 0 Å². The summed E-state index contributed by atoms with van der Waals surface area (Å²) in [5.74, 6) is 0.681. The molecule has 0 aromatic heterocycles. The van der Waals surface area contributed by atoms with Crippen molar-refractivity contribution in [1.29, 1.82) is 0 Å². The summed E-state index contributed by atoms with van der Waals surface area (Å²) in [6.07, 6.45) is 1.62. The van der Waals surface area contributed by atoms with Gasteiger partial charge in [0.15, 0.2) is 0 Å². The van der Waals surface area contributed by atoms with E-state index in [1.807, 2.05) is 4.90 Å². The first kappa shape index (κ1) is 14.4. The highest BCUT2D eigenvalue weighted by Crippen LogP contribution is 2.24. The molecule has 1 heterocycles. The first-order valence-electron chi connectivity index (χ1n) is 6.35. The van der Waals surface area contributed by atoms with Crippen LogP contribution < -0.4 is 15.0 Å². The van der Waals surface area contributed by atoms with Crippen LogP contribution in [0.15, 0.2) is 18.2 Å². The lowest BCUT2D eigenvalue weighted by atomic mass is 10.2. The first-order valence-corrected chi connectivity index (χ1v) is 8.07. The molecule has 0 bridgehead atoms. The van der Waals surface area contributed by atoms with E-state index in [0.29, 0.717) is 23.8 Å². The van der Waals surface area contributed by atoms with E-state index in [4.69, 9.17) is 4.74 Å². The molecule has 0 aliphatic carbocycles. The molecule has 1 aromatic carbocycles. The third-order valence-corrected chi connectivity index (χ3v) is 3.76. The zero-order valence-corrected chi connectivity index (χ0v) is 11.8. The fourth-order valence-corrected chi connectivity index (χ4v) is 2.33. The summed E-state index contributed by atoms with van der Waals surface area (Å²) < 4.78 is 30.3. The minimum atomic E-state index is -0.887. The first-order chi connectivity index (χ1) is 9.16. The summed E-state index contributed by atoms with van der Waals surface area (Å²) >= 11 is -0.887. The van der Waals surface area contributed by atoms with Gasteiger partial charge >= 0.3 is 0 Å². The molecule has 0 unspecified atom stereocenters. The SMILES string of the molecule is C[S@+]([O-])CCOc1ccc(N2CCNCC2)c(F)c1. The van der Waals surface area contributed by atoms with Gasteiger partial charge in [0.2, 0.25) is 0 Å². The van der Waals surface area contributed by atoms with Gasteiger partial charge in [0.25, 0.3) is 0 Å². The third kappa shape index (κ3) is 4.26. The second-order valence-electron chi connectivity index (χ2n) is 4.48. The Hall–Kier alpha value is -0.980. The summed E-state index contributed by atoms with van der Waals surface area (Å²) in [6, 6.07) is 4.91. The molecular weight excluding hydrogens is 267 g/mol. The molecule has 1 aliphatic rings. The van der Waals surface area contributed by atoms with Gasteiger partial charge < -0.3 is 19.5 Å². The Morgan fingerprint density at radius 1 is 1.42 bits per heavy atom. The van der Waals surface area contributed by atoms with Crippen molar-refractivity contribution in [3.05, 3.63) is 24.0 Å². The highest BCUT2D eigenvalue weighted by Gasteiger charge is 2.15. The summed E-state index contributed by atoms with van der Waals surface area (Å²) in [4.78, 5) is 2.02. The smallest absolute Gasteiger partial charge is 0.150 e. The average molecular weight is 286 g/mol.